The van der Waals surface area contributed by atoms with Crippen LogP contribution in [-0.4, -0.2) is 30.3 Å². The third-order valence-corrected chi connectivity index (χ3v) is 3.27. The molecule has 0 spiro atoms. The van der Waals surface area contributed by atoms with Gasteiger partial charge in [-0.05, 0) is 25.0 Å². The van der Waals surface area contributed by atoms with Crippen LogP contribution in [0.3, 0.4) is 0 Å². The minimum Gasteiger partial charge on any atom is -0.388 e. The summed E-state index contributed by atoms with van der Waals surface area (Å²) in [6, 6.07) is 6.72. The van der Waals surface area contributed by atoms with Gasteiger partial charge in [0.25, 0.3) is 0 Å². The van der Waals surface area contributed by atoms with Crippen molar-refractivity contribution in [2.24, 2.45) is 5.73 Å². The molecule has 0 amide bonds. The van der Waals surface area contributed by atoms with Crippen LogP contribution >= 0.6 is 0 Å². The highest BCUT2D eigenvalue weighted by Crippen LogP contribution is 2.27. The normalized spacial score (nSPS) is 19.8. The molecule has 0 atom stereocenters. The van der Waals surface area contributed by atoms with Gasteiger partial charge < -0.3 is 15.7 Å². The number of nitrogens with two attached hydrogens (primary N) is 1. The predicted octanol–water partition coefficient (Wildman–Crippen LogP) is 1.12. The molecule has 0 aromatic heterocycles. The highest BCUT2D eigenvalue weighted by atomic mass is 19.1. The number of halogens is 1. The second-order valence-corrected chi connectivity index (χ2v) is 4.37. The van der Waals surface area contributed by atoms with Crippen molar-refractivity contribution in [3.8, 4) is 0 Å². The lowest BCUT2D eigenvalue weighted by molar-refractivity contribution is 0.0249. The van der Waals surface area contributed by atoms with Crippen LogP contribution in [0, 0.1) is 5.82 Å². The van der Waals surface area contributed by atoms with Gasteiger partial charge in [-0.15, -0.1) is 0 Å². The molecule has 0 aliphatic carbocycles. The van der Waals surface area contributed by atoms with Crippen LogP contribution in [0.4, 0.5) is 10.1 Å². The summed E-state index contributed by atoms with van der Waals surface area (Å²) in [5.74, 6) is -0.208. The molecule has 16 heavy (non-hydrogen) atoms. The molecule has 1 aromatic carbocycles. The van der Waals surface area contributed by atoms with Crippen LogP contribution < -0.4 is 10.6 Å². The Labute approximate surface area is 94.7 Å². The Balaban J connectivity index is 2.07. The molecular formula is C12H17FN2O. The molecule has 0 radical (unpaired) electrons. The first-order valence-corrected chi connectivity index (χ1v) is 5.56. The van der Waals surface area contributed by atoms with E-state index in [1.54, 1.807) is 12.1 Å². The summed E-state index contributed by atoms with van der Waals surface area (Å²) in [6.45, 7) is 1.57. The smallest absolute Gasteiger partial charge is 0.146 e. The van der Waals surface area contributed by atoms with Crippen LogP contribution in [-0.2, 0) is 0 Å². The van der Waals surface area contributed by atoms with E-state index in [1.165, 1.54) is 6.07 Å². The van der Waals surface area contributed by atoms with E-state index in [0.29, 0.717) is 31.6 Å². The minimum absolute atomic E-state index is 0.208. The molecule has 3 N–H and O–H groups in total. The Hall–Kier alpha value is -1.13. The van der Waals surface area contributed by atoms with E-state index in [0.717, 1.165) is 0 Å². The number of hydrogen-bond acceptors (Lipinski definition) is 3. The van der Waals surface area contributed by atoms with Gasteiger partial charge in [-0.2, -0.15) is 0 Å². The van der Waals surface area contributed by atoms with E-state index in [-0.39, 0.29) is 12.4 Å². The maximum absolute atomic E-state index is 13.5. The van der Waals surface area contributed by atoms with Crippen molar-refractivity contribution in [3.05, 3.63) is 30.1 Å². The topological polar surface area (TPSA) is 49.5 Å². The quantitative estimate of drug-likeness (QED) is 0.791. The summed E-state index contributed by atoms with van der Waals surface area (Å²) in [6.07, 6.45) is 1.19. The Bertz CT molecular complexity index is 362. The number of hydrogen-bond donors (Lipinski definition) is 2. The lowest BCUT2D eigenvalue weighted by Crippen LogP contribution is -2.48. The SMILES string of the molecule is NCC1(O)CCN(c2ccccc2F)CC1. The third-order valence-electron chi connectivity index (χ3n) is 3.27. The molecule has 1 saturated heterocycles. The van der Waals surface area contributed by atoms with Crippen LogP contribution in [0.25, 0.3) is 0 Å². The average molecular weight is 224 g/mol. The maximum atomic E-state index is 13.5. The molecule has 1 aromatic rings. The Kier molecular flexibility index (Phi) is 3.12. The minimum atomic E-state index is -0.762. The molecule has 0 bridgehead atoms. The Morgan fingerprint density at radius 3 is 2.50 bits per heavy atom. The summed E-state index contributed by atoms with van der Waals surface area (Å²) >= 11 is 0. The summed E-state index contributed by atoms with van der Waals surface area (Å²) in [4.78, 5) is 1.96. The number of benzene rings is 1. The van der Waals surface area contributed by atoms with Gasteiger partial charge in [0, 0.05) is 19.6 Å². The van der Waals surface area contributed by atoms with Crippen molar-refractivity contribution in [2.45, 2.75) is 18.4 Å². The average Bonchev–Trinajstić information content (AvgIpc) is 2.31. The van der Waals surface area contributed by atoms with Crippen LogP contribution in [0.2, 0.25) is 0 Å². The van der Waals surface area contributed by atoms with E-state index < -0.39 is 5.60 Å². The standard InChI is InChI=1S/C12H17FN2O/c13-10-3-1-2-4-11(10)15-7-5-12(16,9-14)6-8-15/h1-4,16H,5-9,14H2. The second kappa shape index (κ2) is 4.39. The highest BCUT2D eigenvalue weighted by Gasteiger charge is 2.31. The first kappa shape index (κ1) is 11.4. The van der Waals surface area contributed by atoms with Gasteiger partial charge in [0.05, 0.1) is 11.3 Å². The van der Waals surface area contributed by atoms with Gasteiger partial charge in [-0.25, -0.2) is 4.39 Å². The lowest BCUT2D eigenvalue weighted by atomic mass is 9.91. The number of rotatable bonds is 2. The number of anilines is 1. The fraction of sp³-hybridized carbons (Fsp3) is 0.500. The molecule has 1 heterocycles. The first-order chi connectivity index (χ1) is 7.64. The zero-order valence-electron chi connectivity index (χ0n) is 9.19. The summed E-state index contributed by atoms with van der Waals surface area (Å²) in [5, 5.41) is 9.97. The van der Waals surface area contributed by atoms with E-state index in [9.17, 15) is 9.50 Å². The molecule has 4 heteroatoms. The van der Waals surface area contributed by atoms with Crippen molar-refractivity contribution >= 4 is 5.69 Å². The number of nitrogens with zero attached hydrogens (tertiary/aromatic N) is 1. The van der Waals surface area contributed by atoms with Crippen LogP contribution in [0.5, 0.6) is 0 Å². The first-order valence-electron chi connectivity index (χ1n) is 5.56. The number of para-hydroxylation sites is 1. The molecule has 0 unspecified atom stereocenters. The monoisotopic (exact) mass is 224 g/mol. The molecule has 1 fully saturated rings. The van der Waals surface area contributed by atoms with E-state index in [2.05, 4.69) is 0 Å². The number of piperidine rings is 1. The van der Waals surface area contributed by atoms with Crippen molar-refractivity contribution in [1.29, 1.82) is 0 Å². The zero-order valence-corrected chi connectivity index (χ0v) is 9.19. The summed E-state index contributed by atoms with van der Waals surface area (Å²) < 4.78 is 13.5. The zero-order chi connectivity index (χ0) is 11.6. The number of aliphatic hydroxyl groups is 1. The molecular weight excluding hydrogens is 207 g/mol. The van der Waals surface area contributed by atoms with Gasteiger partial charge in [0.2, 0.25) is 0 Å². The molecule has 88 valence electrons. The van der Waals surface area contributed by atoms with Crippen LogP contribution in [0.15, 0.2) is 24.3 Å². The molecule has 1 aliphatic heterocycles. The van der Waals surface area contributed by atoms with Gasteiger partial charge >= 0.3 is 0 Å². The van der Waals surface area contributed by atoms with Crippen molar-refractivity contribution in [1.82, 2.24) is 0 Å². The lowest BCUT2D eigenvalue weighted by Gasteiger charge is -2.38. The Morgan fingerprint density at radius 1 is 1.31 bits per heavy atom. The molecule has 2 rings (SSSR count). The fourth-order valence-electron chi connectivity index (χ4n) is 2.08. The van der Waals surface area contributed by atoms with E-state index in [4.69, 9.17) is 5.73 Å². The van der Waals surface area contributed by atoms with Gasteiger partial charge in [-0.3, -0.25) is 0 Å². The van der Waals surface area contributed by atoms with Gasteiger partial charge in [0.15, 0.2) is 0 Å². The Morgan fingerprint density at radius 2 is 1.94 bits per heavy atom. The maximum Gasteiger partial charge on any atom is 0.146 e. The van der Waals surface area contributed by atoms with Crippen LogP contribution in [0.1, 0.15) is 12.8 Å². The summed E-state index contributed by atoms with van der Waals surface area (Å²) in [7, 11) is 0. The summed E-state index contributed by atoms with van der Waals surface area (Å²) in [5.41, 5.74) is 5.36. The fourth-order valence-corrected chi connectivity index (χ4v) is 2.08. The largest absolute Gasteiger partial charge is 0.388 e. The van der Waals surface area contributed by atoms with Crippen molar-refractivity contribution in [2.75, 3.05) is 24.5 Å². The molecule has 1 aliphatic rings. The van der Waals surface area contributed by atoms with E-state index in [1.807, 2.05) is 11.0 Å². The highest BCUT2D eigenvalue weighted by molar-refractivity contribution is 5.48. The molecule has 0 saturated carbocycles. The third kappa shape index (κ3) is 2.18. The van der Waals surface area contributed by atoms with Crippen molar-refractivity contribution < 1.29 is 9.50 Å². The second-order valence-electron chi connectivity index (χ2n) is 4.37. The van der Waals surface area contributed by atoms with E-state index >= 15 is 0 Å². The predicted molar refractivity (Wildman–Crippen MR) is 61.9 cm³/mol. The molecule has 3 nitrogen and oxygen atoms in total. The van der Waals surface area contributed by atoms with Gasteiger partial charge in [0.1, 0.15) is 5.82 Å². The van der Waals surface area contributed by atoms with Gasteiger partial charge in [-0.1, -0.05) is 12.1 Å². The van der Waals surface area contributed by atoms with Crippen molar-refractivity contribution in [3.63, 3.8) is 0 Å².